The maximum Gasteiger partial charge on any atom is 0.162 e. The largest absolute Gasteiger partial charge is 0.512 e. The number of pyridine rings is 2. The first-order valence-corrected chi connectivity index (χ1v) is 22.8. The molecule has 4 aromatic carbocycles. The fraction of sp³-hybridized carbons (Fsp3) is 0.421. The van der Waals surface area contributed by atoms with Gasteiger partial charge in [-0.1, -0.05) is 125 Å². The minimum Gasteiger partial charge on any atom is -0.512 e. The van der Waals surface area contributed by atoms with Crippen molar-refractivity contribution in [2.45, 2.75) is 140 Å². The van der Waals surface area contributed by atoms with E-state index in [4.69, 9.17) is 1.37 Å². The topological polar surface area (TPSA) is 63.1 Å². The van der Waals surface area contributed by atoms with Crippen molar-refractivity contribution in [1.82, 2.24) is 9.97 Å². The molecule has 2 heterocycles. The van der Waals surface area contributed by atoms with E-state index in [1.807, 2.05) is 46.9 Å². The molecule has 1 aliphatic carbocycles. The number of hydrogen-bond donors (Lipinski definition) is 1. The van der Waals surface area contributed by atoms with Crippen LogP contribution in [0.15, 0.2) is 97.0 Å². The van der Waals surface area contributed by atoms with E-state index >= 15 is 0 Å². The number of allylic oxidation sites excluding steroid dienone is 2. The van der Waals surface area contributed by atoms with Crippen LogP contribution in [0.3, 0.4) is 0 Å². The Morgan fingerprint density at radius 3 is 1.81 bits per heavy atom. The van der Waals surface area contributed by atoms with Gasteiger partial charge in [0.25, 0.3) is 0 Å². The third-order valence-electron chi connectivity index (χ3n) is 12.0. The van der Waals surface area contributed by atoms with E-state index in [-0.39, 0.29) is 48.9 Å². The molecule has 0 saturated heterocycles. The molecule has 4 nitrogen and oxygen atoms in total. The summed E-state index contributed by atoms with van der Waals surface area (Å²) < 4.78 is 8.10. The molecule has 0 aliphatic heterocycles. The van der Waals surface area contributed by atoms with Crippen molar-refractivity contribution in [3.63, 3.8) is 0 Å². The van der Waals surface area contributed by atoms with Gasteiger partial charge >= 0.3 is 0 Å². The summed E-state index contributed by atoms with van der Waals surface area (Å²) in [4.78, 5) is 20.9. The first kappa shape index (κ1) is 48.6. The summed E-state index contributed by atoms with van der Waals surface area (Å²) in [6.45, 7) is 23.2. The molecule has 1 aliphatic rings. The third-order valence-corrected chi connectivity index (χ3v) is 12.0. The van der Waals surface area contributed by atoms with E-state index < -0.39 is 0 Å². The molecule has 5 heteroatoms. The van der Waals surface area contributed by atoms with Gasteiger partial charge in [0.15, 0.2) is 5.78 Å². The van der Waals surface area contributed by atoms with Crippen LogP contribution >= 0.6 is 0 Å². The second-order valence-electron chi connectivity index (χ2n) is 18.5. The van der Waals surface area contributed by atoms with Gasteiger partial charge in [-0.3, -0.25) is 4.79 Å². The number of nitrogens with zero attached hydrogens (tertiary/aromatic N) is 2. The second-order valence-corrected chi connectivity index (χ2v) is 18.5. The summed E-state index contributed by atoms with van der Waals surface area (Å²) in [6, 6.07) is 32.9. The molecule has 62 heavy (non-hydrogen) atoms. The van der Waals surface area contributed by atoms with E-state index in [2.05, 4.69) is 130 Å². The number of aliphatic hydroxyl groups is 1. The number of rotatable bonds is 11. The maximum atomic E-state index is 11.7. The van der Waals surface area contributed by atoms with Gasteiger partial charge < -0.3 is 15.1 Å². The van der Waals surface area contributed by atoms with E-state index in [9.17, 15) is 9.90 Å². The van der Waals surface area contributed by atoms with Gasteiger partial charge in [-0.2, -0.15) is 0 Å². The maximum absolute atomic E-state index is 11.7. The Morgan fingerprint density at radius 2 is 1.27 bits per heavy atom. The van der Waals surface area contributed by atoms with Gasteiger partial charge in [0, 0.05) is 50.4 Å². The van der Waals surface area contributed by atoms with Crippen LogP contribution in [0, 0.1) is 57.1 Å². The zero-order valence-corrected chi connectivity index (χ0v) is 41.7. The van der Waals surface area contributed by atoms with Crippen LogP contribution in [0.5, 0.6) is 0 Å². The molecule has 1 N–H and O–H groups in total. The van der Waals surface area contributed by atoms with Crippen LogP contribution in [0.2, 0.25) is 0 Å². The summed E-state index contributed by atoms with van der Waals surface area (Å²) in [7, 11) is 0. The number of aryl methyl sites for hydroxylation is 4. The molecular weight excluding hydrogens is 937 g/mol. The van der Waals surface area contributed by atoms with E-state index in [1.165, 1.54) is 70.3 Å². The Balaban J connectivity index is 0.000000212. The Morgan fingerprint density at radius 1 is 0.742 bits per heavy atom. The number of aromatic nitrogens is 2. The summed E-state index contributed by atoms with van der Waals surface area (Å²) in [5.41, 5.74) is 11.7. The fourth-order valence-electron chi connectivity index (χ4n) is 8.85. The van der Waals surface area contributed by atoms with Crippen molar-refractivity contribution in [1.29, 1.82) is 0 Å². The molecule has 1 saturated carbocycles. The zero-order valence-electron chi connectivity index (χ0n) is 40.3. The molecular formula is C57H70IrN2O2-2. The first-order valence-electron chi connectivity index (χ1n) is 23.3. The number of carbonyl (C=O) groups excluding carboxylic acids is 1. The molecule has 0 atom stereocenters. The van der Waals surface area contributed by atoms with Crippen molar-refractivity contribution in [3.8, 4) is 22.5 Å². The number of aliphatic hydroxyl groups excluding tert-OH is 1. The predicted octanol–water partition coefficient (Wildman–Crippen LogP) is 15.8. The molecule has 331 valence electrons. The van der Waals surface area contributed by atoms with Crippen LogP contribution in [0.4, 0.5) is 0 Å². The van der Waals surface area contributed by atoms with Crippen molar-refractivity contribution in [2.24, 2.45) is 17.3 Å². The molecule has 0 unspecified atom stereocenters. The Labute approximate surface area is 388 Å². The minimum atomic E-state index is 0. The summed E-state index contributed by atoms with van der Waals surface area (Å²) in [5, 5.41) is 14.5. The SMILES string of the molecule is CCC(CC)C(=O)/C=C(\O)C(CC)CC.Cc1[c-]c(-c2nccc3cc(C4CCCC4)ccc23)cc(C)c1.[2H]c1cc2cc(CC(C)(C)C)ccc2c(-c2[c-]c(C)cc(C)c2)n1.[Ir]. The monoisotopic (exact) mass is 1010 g/mol. The fourth-order valence-corrected chi connectivity index (χ4v) is 8.85. The molecule has 1 radical (unpaired) electrons. The molecule has 0 amide bonds. The smallest absolute Gasteiger partial charge is 0.162 e. The van der Waals surface area contributed by atoms with Gasteiger partial charge in [-0.25, -0.2) is 0 Å². The van der Waals surface area contributed by atoms with Crippen LogP contribution in [-0.2, 0) is 31.3 Å². The number of fused-ring (bicyclic) bond motifs is 2. The van der Waals surface area contributed by atoms with Crippen LogP contribution in [0.25, 0.3) is 44.1 Å². The predicted molar refractivity (Wildman–Crippen MR) is 259 cm³/mol. The summed E-state index contributed by atoms with van der Waals surface area (Å²) in [5.74, 6) is 1.30. The number of carbonyl (C=O) groups is 1. The van der Waals surface area contributed by atoms with Crippen molar-refractivity contribution in [2.75, 3.05) is 0 Å². The molecule has 2 aromatic heterocycles. The van der Waals surface area contributed by atoms with E-state index in [1.54, 1.807) is 0 Å². The number of benzene rings is 4. The average Bonchev–Trinajstić information content (AvgIpc) is 3.76. The standard InChI is InChI=1S/C22H22N.C22H24N.C13H24O2.Ir/c1-15-11-16(2)13-20(12-15)22-21-8-7-18(17-5-3-4-6-17)14-19(21)9-10-23-22;1-15-10-16(2)12-19(11-15)21-20-7-6-17(14-22(3,4)5)13-18(20)8-9-23-21;1-5-10(6-2)12(14)9-13(15)11(7-3)8-4;/h7-12,14,17H,3-6H2,1-2H3;6-11,13H,14H2,1-5H3;9-11,14H,5-8H2,1-4H3;/q2*-1;;/b;;12-9-;/i;9D;;. The summed E-state index contributed by atoms with van der Waals surface area (Å²) >= 11 is 0. The number of hydrogen-bond acceptors (Lipinski definition) is 4. The number of ketones is 1. The van der Waals surface area contributed by atoms with Crippen LogP contribution < -0.4 is 0 Å². The molecule has 1 fully saturated rings. The molecule has 7 rings (SSSR count). The van der Waals surface area contributed by atoms with Gasteiger partial charge in [-0.05, 0) is 112 Å². The van der Waals surface area contributed by atoms with Gasteiger partial charge in [-0.15, -0.1) is 69.8 Å². The van der Waals surface area contributed by atoms with Gasteiger partial charge in [0.05, 0.1) is 7.13 Å². The quantitative estimate of drug-likeness (QED) is 0.0798. The van der Waals surface area contributed by atoms with Gasteiger partial charge in [0.2, 0.25) is 0 Å². The van der Waals surface area contributed by atoms with Gasteiger partial charge in [0.1, 0.15) is 0 Å². The minimum absolute atomic E-state index is 0. The average molecular weight is 1010 g/mol. The normalized spacial score (nSPS) is 13.4. The summed E-state index contributed by atoms with van der Waals surface area (Å²) in [6.07, 6.45) is 13.6. The Hall–Kier alpha value is -4.44. The van der Waals surface area contributed by atoms with Crippen LogP contribution in [0.1, 0.15) is 141 Å². The van der Waals surface area contributed by atoms with Crippen molar-refractivity contribution < 1.29 is 31.4 Å². The van der Waals surface area contributed by atoms with E-state index in [0.29, 0.717) is 6.17 Å². The van der Waals surface area contributed by atoms with Crippen molar-refractivity contribution >= 4 is 27.3 Å². The Kier molecular flexibility index (Phi) is 18.3. The van der Waals surface area contributed by atoms with Crippen molar-refractivity contribution in [3.05, 3.63) is 143 Å². The molecule has 6 aromatic rings. The molecule has 0 spiro atoms. The Bertz CT molecular complexity index is 2450. The third kappa shape index (κ3) is 13.8. The van der Waals surface area contributed by atoms with Crippen LogP contribution in [-0.4, -0.2) is 20.9 Å². The zero-order chi connectivity index (χ0) is 45.1. The van der Waals surface area contributed by atoms with E-state index in [0.717, 1.165) is 76.9 Å². The first-order chi connectivity index (χ1) is 29.5. The molecule has 0 bridgehead atoms. The second kappa shape index (κ2) is 23.3.